The van der Waals surface area contributed by atoms with E-state index in [1.165, 1.54) is 49.5 Å². The molecular weight excluding hydrogens is 366 g/mol. The number of amides is 1. The molecule has 0 aliphatic carbocycles. The van der Waals surface area contributed by atoms with Crippen LogP contribution in [0.4, 0.5) is 11.5 Å². The van der Waals surface area contributed by atoms with Crippen LogP contribution in [0.1, 0.15) is 18.6 Å². The Hall–Kier alpha value is -2.89. The van der Waals surface area contributed by atoms with Gasteiger partial charge in [-0.15, -0.1) is 0 Å². The van der Waals surface area contributed by atoms with Gasteiger partial charge >= 0.3 is 11.4 Å². The van der Waals surface area contributed by atoms with Gasteiger partial charge in [-0.25, -0.2) is 4.98 Å². The number of nitro benzene ring substituents is 1. The summed E-state index contributed by atoms with van der Waals surface area (Å²) in [6, 6.07) is 7.99. The van der Waals surface area contributed by atoms with E-state index in [4.69, 9.17) is 8.37 Å². The standard InChI is InChI=1S/C15H15N3O7S/c1-10(19)17-15-7-2-11(8-16-15)14(20)9-24-26(23)25-13-5-3-12(4-6-13)18(21)22/h2-8,14,20H,9H2,1H3,(H,16,17,19). The largest absolute Gasteiger partial charge is 0.386 e. The first kappa shape index (κ1) is 19.4. The highest BCUT2D eigenvalue weighted by Crippen LogP contribution is 2.19. The molecule has 2 aromatic rings. The summed E-state index contributed by atoms with van der Waals surface area (Å²) >= 11 is -2.20. The second-order valence-corrected chi connectivity index (χ2v) is 5.81. The molecule has 26 heavy (non-hydrogen) atoms. The van der Waals surface area contributed by atoms with Gasteiger partial charge in [0.25, 0.3) is 5.69 Å². The molecule has 0 saturated heterocycles. The van der Waals surface area contributed by atoms with Crippen molar-refractivity contribution in [2.24, 2.45) is 0 Å². The summed E-state index contributed by atoms with van der Waals surface area (Å²) in [5, 5.41) is 23.0. The maximum absolute atomic E-state index is 11.7. The molecule has 11 heteroatoms. The highest BCUT2D eigenvalue weighted by atomic mass is 32.2. The molecule has 0 spiro atoms. The van der Waals surface area contributed by atoms with Crippen molar-refractivity contribution in [2.75, 3.05) is 11.9 Å². The minimum atomic E-state index is -2.20. The first-order chi connectivity index (χ1) is 12.3. The Morgan fingerprint density at radius 3 is 2.58 bits per heavy atom. The number of rotatable bonds is 8. The lowest BCUT2D eigenvalue weighted by Gasteiger charge is -2.11. The van der Waals surface area contributed by atoms with E-state index in [-0.39, 0.29) is 24.0 Å². The maximum atomic E-state index is 11.7. The van der Waals surface area contributed by atoms with Crippen LogP contribution < -0.4 is 9.50 Å². The fourth-order valence-corrected chi connectivity index (χ4v) is 2.36. The van der Waals surface area contributed by atoms with Crippen molar-refractivity contribution in [3.8, 4) is 5.75 Å². The third kappa shape index (κ3) is 5.88. The Labute approximate surface area is 150 Å². The Morgan fingerprint density at radius 1 is 1.35 bits per heavy atom. The Balaban J connectivity index is 1.84. The van der Waals surface area contributed by atoms with Crippen molar-refractivity contribution >= 4 is 28.8 Å². The normalized spacial score (nSPS) is 12.8. The van der Waals surface area contributed by atoms with E-state index >= 15 is 0 Å². The molecule has 1 aromatic heterocycles. The van der Waals surface area contributed by atoms with E-state index in [9.17, 15) is 24.2 Å². The molecule has 2 N–H and O–H groups in total. The monoisotopic (exact) mass is 381 g/mol. The van der Waals surface area contributed by atoms with Gasteiger partial charge in [-0.1, -0.05) is 6.07 Å². The van der Waals surface area contributed by atoms with Gasteiger partial charge in [-0.3, -0.25) is 19.1 Å². The predicted molar refractivity (Wildman–Crippen MR) is 91.3 cm³/mol. The quantitative estimate of drug-likeness (QED) is 0.519. The van der Waals surface area contributed by atoms with E-state index in [1.54, 1.807) is 0 Å². The zero-order valence-corrected chi connectivity index (χ0v) is 14.3. The fourth-order valence-electron chi connectivity index (χ4n) is 1.80. The molecule has 2 unspecified atom stereocenters. The zero-order valence-electron chi connectivity index (χ0n) is 13.5. The van der Waals surface area contributed by atoms with Gasteiger partial charge in [0, 0.05) is 30.8 Å². The van der Waals surface area contributed by atoms with Crippen LogP contribution in [0, 0.1) is 10.1 Å². The molecule has 0 radical (unpaired) electrons. The molecule has 0 aliphatic heterocycles. The smallest absolute Gasteiger partial charge is 0.360 e. The molecule has 1 aromatic carbocycles. The molecule has 0 saturated carbocycles. The van der Waals surface area contributed by atoms with E-state index in [0.29, 0.717) is 11.4 Å². The van der Waals surface area contributed by atoms with Crippen LogP contribution in [0.5, 0.6) is 5.75 Å². The molecule has 10 nitrogen and oxygen atoms in total. The van der Waals surface area contributed by atoms with E-state index in [0.717, 1.165) is 0 Å². The average Bonchev–Trinajstić information content (AvgIpc) is 2.60. The molecule has 2 rings (SSSR count). The number of aromatic nitrogens is 1. The van der Waals surface area contributed by atoms with Gasteiger partial charge < -0.3 is 14.6 Å². The Bertz CT molecular complexity index is 796. The second kappa shape index (κ2) is 8.99. The van der Waals surface area contributed by atoms with Crippen molar-refractivity contribution in [2.45, 2.75) is 13.0 Å². The van der Waals surface area contributed by atoms with Crippen LogP contribution in [0.25, 0.3) is 0 Å². The van der Waals surface area contributed by atoms with Gasteiger partial charge in [-0.2, -0.15) is 4.21 Å². The maximum Gasteiger partial charge on any atom is 0.360 e. The first-order valence-electron chi connectivity index (χ1n) is 7.24. The number of nitro groups is 1. The topological polar surface area (TPSA) is 141 Å². The van der Waals surface area contributed by atoms with Crippen LogP contribution in [0.3, 0.4) is 0 Å². The summed E-state index contributed by atoms with van der Waals surface area (Å²) in [6.07, 6.45) is 0.234. The number of benzene rings is 1. The number of aliphatic hydroxyl groups is 1. The van der Waals surface area contributed by atoms with Crippen LogP contribution in [-0.2, 0) is 20.3 Å². The molecule has 0 bridgehead atoms. The summed E-state index contributed by atoms with van der Waals surface area (Å²) in [4.78, 5) is 24.8. The number of non-ortho nitro benzene ring substituents is 1. The Kier molecular flexibility index (Phi) is 6.72. The van der Waals surface area contributed by atoms with Gasteiger partial charge in [0.05, 0.1) is 11.5 Å². The van der Waals surface area contributed by atoms with E-state index in [2.05, 4.69) is 10.3 Å². The van der Waals surface area contributed by atoms with Crippen LogP contribution in [0.2, 0.25) is 0 Å². The third-order valence-electron chi connectivity index (χ3n) is 3.01. The van der Waals surface area contributed by atoms with E-state index in [1.807, 2.05) is 0 Å². The van der Waals surface area contributed by atoms with E-state index < -0.39 is 22.4 Å². The second-order valence-electron chi connectivity index (χ2n) is 5.00. The number of carbonyl (C=O) groups is 1. The SMILES string of the molecule is CC(=O)Nc1ccc(C(O)COS(=O)Oc2ccc([N+](=O)[O-])cc2)cn1. The Morgan fingerprint density at radius 2 is 2.04 bits per heavy atom. The lowest BCUT2D eigenvalue weighted by Crippen LogP contribution is -2.13. The number of carbonyl (C=O) groups excluding carboxylic acids is 1. The lowest BCUT2D eigenvalue weighted by atomic mass is 10.2. The fraction of sp³-hybridized carbons (Fsp3) is 0.200. The van der Waals surface area contributed by atoms with Crippen molar-refractivity contribution in [1.29, 1.82) is 0 Å². The van der Waals surface area contributed by atoms with Crippen molar-refractivity contribution in [1.82, 2.24) is 4.98 Å². The van der Waals surface area contributed by atoms with Crippen molar-refractivity contribution < 1.29 is 27.4 Å². The molecule has 1 amide bonds. The molecule has 138 valence electrons. The van der Waals surface area contributed by atoms with Crippen LogP contribution in [-0.4, -0.2) is 31.7 Å². The van der Waals surface area contributed by atoms with Gasteiger partial charge in [0.2, 0.25) is 5.91 Å². The van der Waals surface area contributed by atoms with Gasteiger partial charge in [-0.05, 0) is 18.2 Å². The molecule has 2 atom stereocenters. The lowest BCUT2D eigenvalue weighted by molar-refractivity contribution is -0.384. The number of aliphatic hydroxyl groups excluding tert-OH is 1. The van der Waals surface area contributed by atoms with Gasteiger partial charge in [0.15, 0.2) is 0 Å². The summed E-state index contributed by atoms with van der Waals surface area (Å²) in [5.41, 5.74) is 0.265. The van der Waals surface area contributed by atoms with Crippen LogP contribution in [0.15, 0.2) is 42.6 Å². The van der Waals surface area contributed by atoms with Crippen molar-refractivity contribution in [3.05, 3.63) is 58.3 Å². The summed E-state index contributed by atoms with van der Waals surface area (Å²) in [7, 11) is 0. The first-order valence-corrected chi connectivity index (χ1v) is 8.24. The highest BCUT2D eigenvalue weighted by Gasteiger charge is 2.13. The van der Waals surface area contributed by atoms with Crippen molar-refractivity contribution in [3.63, 3.8) is 0 Å². The summed E-state index contributed by atoms with van der Waals surface area (Å²) < 4.78 is 21.6. The number of nitrogens with one attached hydrogen (secondary N) is 1. The molecule has 0 aliphatic rings. The third-order valence-corrected chi connectivity index (χ3v) is 3.67. The molecule has 1 heterocycles. The minimum Gasteiger partial charge on any atom is -0.386 e. The number of pyridine rings is 1. The number of nitrogens with zero attached hydrogens (tertiary/aromatic N) is 2. The number of hydrogen-bond acceptors (Lipinski definition) is 8. The number of hydrogen-bond donors (Lipinski definition) is 2. The van der Waals surface area contributed by atoms with Gasteiger partial charge in [0.1, 0.15) is 17.7 Å². The average molecular weight is 381 g/mol. The highest BCUT2D eigenvalue weighted by molar-refractivity contribution is 7.75. The predicted octanol–water partition coefficient (Wildman–Crippen LogP) is 1.66. The minimum absolute atomic E-state index is 0.116. The number of anilines is 1. The summed E-state index contributed by atoms with van der Waals surface area (Å²) in [6.45, 7) is 1.01. The zero-order chi connectivity index (χ0) is 19.1. The molecule has 0 fully saturated rings. The van der Waals surface area contributed by atoms with Crippen LogP contribution >= 0.6 is 0 Å². The molecular formula is C15H15N3O7S. The summed E-state index contributed by atoms with van der Waals surface area (Å²) in [5.74, 6) is 0.178.